The lowest BCUT2D eigenvalue weighted by molar-refractivity contribution is 0.149. The van der Waals surface area contributed by atoms with Crippen molar-refractivity contribution in [3.63, 3.8) is 0 Å². The first-order chi connectivity index (χ1) is 6.73. The minimum atomic E-state index is -4.02. The van der Waals surface area contributed by atoms with E-state index in [1.807, 2.05) is 0 Å². The van der Waals surface area contributed by atoms with Crippen LogP contribution in [0.2, 0.25) is 0 Å². The minimum Gasteiger partial charge on any atom is -0.226 e. The van der Waals surface area contributed by atoms with Crippen LogP contribution in [-0.4, -0.2) is 13.4 Å². The van der Waals surface area contributed by atoms with E-state index >= 15 is 0 Å². The molecule has 3 nitrogen and oxygen atoms in total. The Bertz CT molecular complexity index is 496. The fraction of sp³-hybridized carbons (Fsp3) is 0.167. The second-order valence-electron chi connectivity index (χ2n) is 2.39. The van der Waals surface area contributed by atoms with E-state index in [4.69, 9.17) is 10.7 Å². The summed E-state index contributed by atoms with van der Waals surface area (Å²) < 4.78 is 46.5. The molecule has 0 fully saturated rings. The van der Waals surface area contributed by atoms with Gasteiger partial charge in [-0.3, -0.25) is 0 Å². The van der Waals surface area contributed by atoms with Gasteiger partial charge in [0, 0.05) is 10.7 Å². The summed E-state index contributed by atoms with van der Waals surface area (Å²) in [6, 6.07) is 1.03. The Kier molecular flexibility index (Phi) is 4.29. The number of hydrogen-bond donors (Lipinski definition) is 0. The van der Waals surface area contributed by atoms with Crippen molar-refractivity contribution in [1.82, 2.24) is 4.98 Å². The highest BCUT2D eigenvalue weighted by molar-refractivity contribution is 14.1. The van der Waals surface area contributed by atoms with Crippen LogP contribution in [0, 0.1) is 3.57 Å². The SMILES string of the molecule is O=S(=O)(Cl)c1nc(Br)c(C(F)F)cc1I. The molecule has 0 aliphatic carbocycles. The number of nitrogens with zero attached hydrogens (tertiary/aromatic N) is 1. The first kappa shape index (κ1) is 13.5. The molecule has 0 aliphatic heterocycles. The van der Waals surface area contributed by atoms with Crippen molar-refractivity contribution >= 4 is 58.3 Å². The van der Waals surface area contributed by atoms with Crippen molar-refractivity contribution in [2.45, 2.75) is 11.5 Å². The average Bonchev–Trinajstić information content (AvgIpc) is 2.06. The lowest BCUT2D eigenvalue weighted by atomic mass is 10.3. The molecule has 84 valence electrons. The highest BCUT2D eigenvalue weighted by Crippen LogP contribution is 2.30. The molecular weight excluding hydrogens is 430 g/mol. The van der Waals surface area contributed by atoms with Crippen molar-refractivity contribution in [3.05, 3.63) is 19.8 Å². The predicted octanol–water partition coefficient (Wildman–Crippen LogP) is 3.31. The van der Waals surface area contributed by atoms with Crippen molar-refractivity contribution in [2.75, 3.05) is 0 Å². The molecule has 1 aromatic rings. The van der Waals surface area contributed by atoms with E-state index in [0.717, 1.165) is 6.07 Å². The average molecular weight is 432 g/mol. The van der Waals surface area contributed by atoms with Crippen LogP contribution in [0.4, 0.5) is 8.78 Å². The van der Waals surface area contributed by atoms with Crippen LogP contribution < -0.4 is 0 Å². The lowest BCUT2D eigenvalue weighted by Gasteiger charge is -2.06. The van der Waals surface area contributed by atoms with Crippen molar-refractivity contribution in [1.29, 1.82) is 0 Å². The van der Waals surface area contributed by atoms with Crippen LogP contribution >= 0.6 is 49.2 Å². The van der Waals surface area contributed by atoms with Crippen LogP contribution in [0.3, 0.4) is 0 Å². The molecule has 0 amide bonds. The molecule has 9 heteroatoms. The number of halogens is 5. The van der Waals surface area contributed by atoms with Crippen LogP contribution in [0.1, 0.15) is 12.0 Å². The molecule has 0 atom stereocenters. The summed E-state index contributed by atoms with van der Waals surface area (Å²) in [6.07, 6.45) is -2.73. The van der Waals surface area contributed by atoms with Crippen LogP contribution in [0.25, 0.3) is 0 Å². The molecule has 0 unspecified atom stereocenters. The van der Waals surface area contributed by atoms with E-state index in [-0.39, 0.29) is 13.7 Å². The summed E-state index contributed by atoms with van der Waals surface area (Å²) >= 11 is 4.34. The standard InChI is InChI=1S/C6H2BrClF2INO2S/c7-4-2(5(9)10)1-3(11)6(12-4)15(8,13)14/h1,5H. The minimum absolute atomic E-state index is 0.0566. The maximum Gasteiger partial charge on any atom is 0.279 e. The molecule has 0 saturated carbocycles. The van der Waals surface area contributed by atoms with Crippen molar-refractivity contribution in [3.8, 4) is 0 Å². The van der Waals surface area contributed by atoms with Gasteiger partial charge in [-0.25, -0.2) is 22.2 Å². The van der Waals surface area contributed by atoms with Gasteiger partial charge in [0.05, 0.1) is 9.13 Å². The molecule has 0 aliphatic rings. The maximum atomic E-state index is 12.4. The molecule has 1 heterocycles. The first-order valence-electron chi connectivity index (χ1n) is 3.32. The largest absolute Gasteiger partial charge is 0.279 e. The summed E-state index contributed by atoms with van der Waals surface area (Å²) in [7, 11) is 1.04. The van der Waals surface area contributed by atoms with E-state index in [9.17, 15) is 17.2 Å². The Balaban J connectivity index is 3.46. The van der Waals surface area contributed by atoms with E-state index in [1.165, 1.54) is 0 Å². The molecular formula is C6H2BrClF2INO2S. The van der Waals surface area contributed by atoms with Gasteiger partial charge in [-0.05, 0) is 44.6 Å². The van der Waals surface area contributed by atoms with Gasteiger partial charge >= 0.3 is 0 Å². The van der Waals surface area contributed by atoms with E-state index in [2.05, 4.69) is 20.9 Å². The maximum absolute atomic E-state index is 12.4. The van der Waals surface area contributed by atoms with Gasteiger partial charge in [-0.1, -0.05) is 0 Å². The highest BCUT2D eigenvalue weighted by Gasteiger charge is 2.22. The van der Waals surface area contributed by atoms with Crippen molar-refractivity contribution < 1.29 is 17.2 Å². The third-order valence-electron chi connectivity index (χ3n) is 1.39. The summed E-state index contributed by atoms with van der Waals surface area (Å²) in [5.74, 6) is 0. The fourth-order valence-corrected chi connectivity index (χ4v) is 3.93. The summed E-state index contributed by atoms with van der Waals surface area (Å²) in [5, 5.41) is -0.430. The molecule has 0 radical (unpaired) electrons. The van der Waals surface area contributed by atoms with Crippen LogP contribution in [-0.2, 0) is 9.05 Å². The zero-order valence-corrected chi connectivity index (χ0v) is 12.0. The van der Waals surface area contributed by atoms with Gasteiger partial charge in [0.1, 0.15) is 4.60 Å². The van der Waals surface area contributed by atoms with Crippen molar-refractivity contribution in [2.24, 2.45) is 0 Å². The Labute approximate surface area is 111 Å². The monoisotopic (exact) mass is 431 g/mol. The zero-order chi connectivity index (χ0) is 11.8. The third kappa shape index (κ3) is 3.21. The lowest BCUT2D eigenvalue weighted by Crippen LogP contribution is -2.02. The van der Waals surface area contributed by atoms with Gasteiger partial charge in [0.15, 0.2) is 5.03 Å². The third-order valence-corrected chi connectivity index (χ3v) is 4.43. The topological polar surface area (TPSA) is 47.0 Å². The fourth-order valence-electron chi connectivity index (χ4n) is 0.789. The highest BCUT2D eigenvalue weighted by atomic mass is 127. The molecule has 0 spiro atoms. The molecule has 1 aromatic heterocycles. The van der Waals surface area contributed by atoms with Gasteiger partial charge in [-0.2, -0.15) is 0 Å². The molecule has 0 N–H and O–H groups in total. The Morgan fingerprint density at radius 2 is 2.07 bits per heavy atom. The summed E-state index contributed by atoms with van der Waals surface area (Å²) in [4.78, 5) is 3.47. The number of alkyl halides is 2. The summed E-state index contributed by atoms with van der Waals surface area (Å²) in [5.41, 5.74) is -0.372. The number of pyridine rings is 1. The van der Waals surface area contributed by atoms with E-state index in [1.54, 1.807) is 22.6 Å². The Morgan fingerprint density at radius 3 is 2.47 bits per heavy atom. The second-order valence-corrected chi connectivity index (χ2v) is 6.79. The number of rotatable bonds is 2. The second kappa shape index (κ2) is 4.76. The van der Waals surface area contributed by atoms with Gasteiger partial charge < -0.3 is 0 Å². The van der Waals surface area contributed by atoms with Gasteiger partial charge in [0.2, 0.25) is 0 Å². The first-order valence-corrected chi connectivity index (χ1v) is 7.50. The Hall–Kier alpha value is 0.460. The van der Waals surface area contributed by atoms with Gasteiger partial charge in [-0.15, -0.1) is 0 Å². The quantitative estimate of drug-likeness (QED) is 0.409. The molecule has 0 bridgehead atoms. The van der Waals surface area contributed by atoms with Gasteiger partial charge in [0.25, 0.3) is 15.5 Å². The zero-order valence-electron chi connectivity index (χ0n) is 6.72. The molecule has 15 heavy (non-hydrogen) atoms. The Morgan fingerprint density at radius 1 is 1.53 bits per heavy atom. The van der Waals surface area contributed by atoms with E-state index in [0.29, 0.717) is 0 Å². The summed E-state index contributed by atoms with van der Waals surface area (Å²) in [6.45, 7) is 0. The number of aromatic nitrogens is 1. The smallest absolute Gasteiger partial charge is 0.226 e. The molecule has 0 aromatic carbocycles. The molecule has 1 rings (SSSR count). The van der Waals surface area contributed by atoms with E-state index < -0.39 is 20.5 Å². The number of hydrogen-bond acceptors (Lipinski definition) is 3. The predicted molar refractivity (Wildman–Crippen MR) is 62.6 cm³/mol. The normalized spacial score (nSPS) is 12.1. The van der Waals surface area contributed by atoms with Crippen LogP contribution in [0.5, 0.6) is 0 Å². The van der Waals surface area contributed by atoms with Crippen LogP contribution in [0.15, 0.2) is 15.7 Å². The molecule has 0 saturated heterocycles.